The molecule has 4 rings (SSSR count). The van der Waals surface area contributed by atoms with E-state index in [1.54, 1.807) is 25.3 Å². The molecule has 8 heteroatoms. The lowest BCUT2D eigenvalue weighted by molar-refractivity contribution is -0.115. The number of hydrogen-bond acceptors (Lipinski definition) is 4. The lowest BCUT2D eigenvalue weighted by atomic mass is 10.3. The highest BCUT2D eigenvalue weighted by atomic mass is 35.5. The third kappa shape index (κ3) is 4.34. The smallest absolute Gasteiger partial charge is 0.264 e. The van der Waals surface area contributed by atoms with Crippen LogP contribution in [-0.4, -0.2) is 22.8 Å². The van der Waals surface area contributed by atoms with Crippen molar-refractivity contribution < 1.29 is 9.53 Å². The first-order valence-electron chi connectivity index (χ1n) is 8.60. The number of amidine groups is 1. The predicted molar refractivity (Wildman–Crippen MR) is 120 cm³/mol. The van der Waals surface area contributed by atoms with Crippen molar-refractivity contribution in [2.24, 2.45) is 4.99 Å². The van der Waals surface area contributed by atoms with Crippen LogP contribution in [0.1, 0.15) is 5.69 Å². The fraction of sp³-hybridized carbons (Fsp3) is 0.0476. The van der Waals surface area contributed by atoms with Crippen LogP contribution in [0.5, 0.6) is 5.75 Å². The molecule has 1 aliphatic heterocycles. The van der Waals surface area contributed by atoms with E-state index in [1.165, 1.54) is 11.8 Å². The van der Waals surface area contributed by atoms with Gasteiger partial charge in [0.15, 0.2) is 5.17 Å². The van der Waals surface area contributed by atoms with Crippen molar-refractivity contribution in [3.8, 4) is 11.4 Å². The van der Waals surface area contributed by atoms with E-state index in [4.69, 9.17) is 27.9 Å². The van der Waals surface area contributed by atoms with Crippen molar-refractivity contribution in [3.05, 3.63) is 81.4 Å². The molecular formula is C21H15Cl2N3O2S. The van der Waals surface area contributed by atoms with E-state index < -0.39 is 0 Å². The molecule has 146 valence electrons. The summed E-state index contributed by atoms with van der Waals surface area (Å²) in [5, 5.41) is 4.14. The summed E-state index contributed by atoms with van der Waals surface area (Å²) in [4.78, 5) is 17.4. The van der Waals surface area contributed by atoms with Gasteiger partial charge in [0.05, 0.1) is 27.7 Å². The zero-order chi connectivity index (χ0) is 20.4. The van der Waals surface area contributed by atoms with E-state index in [1.807, 2.05) is 53.2 Å². The van der Waals surface area contributed by atoms with Gasteiger partial charge in [0.2, 0.25) is 0 Å². The van der Waals surface area contributed by atoms with Crippen LogP contribution in [-0.2, 0) is 4.79 Å². The summed E-state index contributed by atoms with van der Waals surface area (Å²) in [6.45, 7) is 0. The molecule has 29 heavy (non-hydrogen) atoms. The summed E-state index contributed by atoms with van der Waals surface area (Å²) in [6, 6.07) is 16.6. The number of methoxy groups -OCH3 is 1. The van der Waals surface area contributed by atoms with Crippen molar-refractivity contribution in [3.63, 3.8) is 0 Å². The summed E-state index contributed by atoms with van der Waals surface area (Å²) in [5.74, 6) is 0.589. The molecule has 1 saturated heterocycles. The molecule has 0 bridgehead atoms. The zero-order valence-electron chi connectivity index (χ0n) is 15.2. The summed E-state index contributed by atoms with van der Waals surface area (Å²) in [7, 11) is 1.63. The topological polar surface area (TPSA) is 55.6 Å². The maximum Gasteiger partial charge on any atom is 0.264 e. The molecule has 1 aliphatic rings. The second-order valence-corrected chi connectivity index (χ2v) is 7.93. The fourth-order valence-electron chi connectivity index (χ4n) is 2.78. The van der Waals surface area contributed by atoms with Gasteiger partial charge in [-0.2, -0.15) is 0 Å². The van der Waals surface area contributed by atoms with Gasteiger partial charge in [-0.25, -0.2) is 4.99 Å². The number of nitrogens with one attached hydrogen (secondary N) is 1. The van der Waals surface area contributed by atoms with Crippen LogP contribution in [0, 0.1) is 0 Å². The Morgan fingerprint density at radius 3 is 2.62 bits per heavy atom. The summed E-state index contributed by atoms with van der Waals surface area (Å²) in [5.41, 5.74) is 2.46. The number of carbonyl (C=O) groups excluding carboxylic acids is 1. The summed E-state index contributed by atoms with van der Waals surface area (Å²) >= 11 is 13.2. The van der Waals surface area contributed by atoms with Gasteiger partial charge in [-0.05, 0) is 72.4 Å². The van der Waals surface area contributed by atoms with Gasteiger partial charge in [-0.15, -0.1) is 0 Å². The minimum atomic E-state index is -0.198. The molecule has 1 amide bonds. The highest BCUT2D eigenvalue weighted by molar-refractivity contribution is 8.18. The summed E-state index contributed by atoms with van der Waals surface area (Å²) in [6.07, 6.45) is 3.78. The molecule has 0 radical (unpaired) electrons. The molecule has 1 N–H and O–H groups in total. The average Bonchev–Trinajstić information content (AvgIpc) is 3.31. The molecule has 0 spiro atoms. The second-order valence-electron chi connectivity index (χ2n) is 6.08. The Morgan fingerprint density at radius 2 is 1.90 bits per heavy atom. The van der Waals surface area contributed by atoms with Crippen molar-refractivity contribution in [2.45, 2.75) is 0 Å². The van der Waals surface area contributed by atoms with E-state index in [-0.39, 0.29) is 5.91 Å². The van der Waals surface area contributed by atoms with Gasteiger partial charge >= 0.3 is 0 Å². The van der Waals surface area contributed by atoms with E-state index >= 15 is 0 Å². The van der Waals surface area contributed by atoms with Crippen molar-refractivity contribution in [1.29, 1.82) is 0 Å². The first-order chi connectivity index (χ1) is 14.0. The number of carbonyl (C=O) groups is 1. The number of halogens is 2. The molecule has 3 aromatic rings. The Balaban J connectivity index is 1.59. The third-order valence-corrected chi connectivity index (χ3v) is 5.84. The maximum atomic E-state index is 12.4. The molecule has 5 nitrogen and oxygen atoms in total. The normalized spacial score (nSPS) is 16.4. The quantitative estimate of drug-likeness (QED) is 0.527. The third-order valence-electron chi connectivity index (χ3n) is 4.19. The molecular weight excluding hydrogens is 429 g/mol. The van der Waals surface area contributed by atoms with Crippen molar-refractivity contribution in [2.75, 3.05) is 7.11 Å². The van der Waals surface area contributed by atoms with E-state index in [0.29, 0.717) is 25.8 Å². The molecule has 2 heterocycles. The predicted octanol–water partition coefficient (Wildman–Crippen LogP) is 5.68. The van der Waals surface area contributed by atoms with Crippen LogP contribution in [0.3, 0.4) is 0 Å². The largest absolute Gasteiger partial charge is 0.497 e. The number of aromatic nitrogens is 1. The number of amides is 1. The Labute approximate surface area is 182 Å². The van der Waals surface area contributed by atoms with Gasteiger partial charge in [-0.1, -0.05) is 23.2 Å². The lowest BCUT2D eigenvalue weighted by Gasteiger charge is -2.08. The minimum absolute atomic E-state index is 0.198. The SMILES string of the molecule is COc1ccc(-n2cccc2/C=C2\SC(=Nc3ccc(Cl)c(Cl)c3)NC2=O)cc1. The van der Waals surface area contributed by atoms with Crippen LogP contribution in [0.15, 0.2) is 70.7 Å². The Morgan fingerprint density at radius 1 is 1.10 bits per heavy atom. The molecule has 0 aliphatic carbocycles. The molecule has 1 fully saturated rings. The Hall–Kier alpha value is -2.67. The molecule has 0 atom stereocenters. The van der Waals surface area contributed by atoms with Crippen LogP contribution >= 0.6 is 35.0 Å². The van der Waals surface area contributed by atoms with Crippen molar-refractivity contribution >= 4 is 57.8 Å². The average molecular weight is 444 g/mol. The first-order valence-corrected chi connectivity index (χ1v) is 10.2. The van der Waals surface area contributed by atoms with Gasteiger partial charge in [-0.3, -0.25) is 4.79 Å². The molecule has 2 aromatic carbocycles. The van der Waals surface area contributed by atoms with Crippen LogP contribution in [0.4, 0.5) is 5.69 Å². The number of ether oxygens (including phenoxy) is 1. The van der Waals surface area contributed by atoms with Gasteiger partial charge in [0.25, 0.3) is 5.91 Å². The zero-order valence-corrected chi connectivity index (χ0v) is 17.6. The van der Waals surface area contributed by atoms with Gasteiger partial charge in [0.1, 0.15) is 5.75 Å². The molecule has 0 saturated carbocycles. The highest BCUT2D eigenvalue weighted by Gasteiger charge is 2.24. The van der Waals surface area contributed by atoms with E-state index in [9.17, 15) is 4.79 Å². The van der Waals surface area contributed by atoms with Gasteiger partial charge < -0.3 is 14.6 Å². The van der Waals surface area contributed by atoms with Gasteiger partial charge in [0, 0.05) is 17.6 Å². The number of rotatable bonds is 4. The number of benzene rings is 2. The number of nitrogens with zero attached hydrogens (tertiary/aromatic N) is 2. The Kier molecular flexibility index (Phi) is 5.67. The molecule has 0 unspecified atom stereocenters. The van der Waals surface area contributed by atoms with Crippen LogP contribution < -0.4 is 10.1 Å². The lowest BCUT2D eigenvalue weighted by Crippen LogP contribution is -2.19. The fourth-order valence-corrected chi connectivity index (χ4v) is 3.90. The van der Waals surface area contributed by atoms with Crippen LogP contribution in [0.2, 0.25) is 10.0 Å². The standard InChI is InChI=1S/C21H15Cl2N3O2S/c1-28-16-7-5-14(6-8-16)26-10-2-3-15(26)12-19-20(27)25-21(29-19)24-13-4-9-17(22)18(23)11-13/h2-12H,1H3,(H,24,25,27)/b19-12-. The monoisotopic (exact) mass is 443 g/mol. The van der Waals surface area contributed by atoms with E-state index in [2.05, 4.69) is 10.3 Å². The van der Waals surface area contributed by atoms with Crippen molar-refractivity contribution in [1.82, 2.24) is 9.88 Å². The number of aliphatic imine (C=N–C) groups is 1. The minimum Gasteiger partial charge on any atom is -0.497 e. The molecule has 1 aromatic heterocycles. The maximum absolute atomic E-state index is 12.4. The Bertz CT molecular complexity index is 1140. The second kappa shape index (κ2) is 8.37. The van der Waals surface area contributed by atoms with E-state index in [0.717, 1.165) is 17.1 Å². The number of thioether (sulfide) groups is 1. The highest BCUT2D eigenvalue weighted by Crippen LogP contribution is 2.31. The van der Waals surface area contributed by atoms with Crippen LogP contribution in [0.25, 0.3) is 11.8 Å². The summed E-state index contributed by atoms with van der Waals surface area (Å²) < 4.78 is 7.20. The first kappa shape index (κ1) is 19.6. The number of hydrogen-bond donors (Lipinski definition) is 1.